The number of carbonyl (C=O) groups excluding carboxylic acids is 2. The lowest BCUT2D eigenvalue weighted by Gasteiger charge is -2.14. The number of methoxy groups -OCH3 is 1. The Labute approximate surface area is 190 Å². The zero-order valence-electron chi connectivity index (χ0n) is 17.1. The van der Waals surface area contributed by atoms with E-state index in [-0.39, 0.29) is 5.76 Å². The Morgan fingerprint density at radius 1 is 0.969 bits per heavy atom. The van der Waals surface area contributed by atoms with Gasteiger partial charge in [-0.2, -0.15) is 0 Å². The van der Waals surface area contributed by atoms with E-state index in [9.17, 15) is 9.59 Å². The second-order valence-electron chi connectivity index (χ2n) is 6.86. The number of amides is 3. The van der Waals surface area contributed by atoms with Crippen molar-refractivity contribution in [3.8, 4) is 11.5 Å². The van der Waals surface area contributed by atoms with Crippen molar-refractivity contribution in [3.05, 3.63) is 90.2 Å². The predicted molar refractivity (Wildman–Crippen MR) is 124 cm³/mol. The van der Waals surface area contributed by atoms with Crippen molar-refractivity contribution in [2.75, 3.05) is 12.4 Å². The van der Waals surface area contributed by atoms with E-state index in [1.165, 1.54) is 6.07 Å². The molecule has 0 radical (unpaired) electrons. The fourth-order valence-electron chi connectivity index (χ4n) is 3.03. The van der Waals surface area contributed by atoms with Crippen LogP contribution in [0.1, 0.15) is 16.1 Å². The molecule has 32 heavy (non-hydrogen) atoms. The van der Waals surface area contributed by atoms with Crippen molar-refractivity contribution >= 4 is 41.4 Å². The molecule has 0 saturated heterocycles. The van der Waals surface area contributed by atoms with Gasteiger partial charge >= 0.3 is 11.9 Å². The zero-order chi connectivity index (χ0) is 22.5. The van der Waals surface area contributed by atoms with Gasteiger partial charge in [0.15, 0.2) is 5.76 Å². The van der Waals surface area contributed by atoms with Crippen LogP contribution >= 0.6 is 12.8 Å². The van der Waals surface area contributed by atoms with E-state index < -0.39 is 11.9 Å². The Balaban J connectivity index is 1.41. The highest BCUT2D eigenvalue weighted by atomic mass is 32.1. The van der Waals surface area contributed by atoms with E-state index in [4.69, 9.17) is 13.9 Å². The molecule has 0 unspecified atom stereocenters. The summed E-state index contributed by atoms with van der Waals surface area (Å²) in [4.78, 5) is 25.2. The molecule has 8 heteroatoms. The maximum absolute atomic E-state index is 12.7. The Morgan fingerprint density at radius 3 is 2.56 bits per heavy atom. The molecular formula is C24H20N2O5S. The van der Waals surface area contributed by atoms with E-state index in [1.54, 1.807) is 49.6 Å². The number of thiol groups is 1. The van der Waals surface area contributed by atoms with E-state index >= 15 is 0 Å². The SMILES string of the molecule is COc1ccc2oc(C(=O)N(S)C(=O)Nc3cccc(OCc4ccccc4)c3)cc2c1. The molecule has 0 aliphatic rings. The number of benzene rings is 3. The number of urea groups is 1. The lowest BCUT2D eigenvalue weighted by Crippen LogP contribution is -2.32. The third-order valence-corrected chi connectivity index (χ3v) is 5.02. The van der Waals surface area contributed by atoms with Crippen LogP contribution in [0.3, 0.4) is 0 Å². The van der Waals surface area contributed by atoms with Gasteiger partial charge < -0.3 is 19.2 Å². The summed E-state index contributed by atoms with van der Waals surface area (Å²) >= 11 is 4.05. The molecule has 3 aromatic carbocycles. The summed E-state index contributed by atoms with van der Waals surface area (Å²) < 4.78 is 17.1. The number of anilines is 1. The number of rotatable bonds is 6. The highest BCUT2D eigenvalue weighted by Gasteiger charge is 2.23. The molecule has 0 aliphatic heterocycles. The minimum absolute atomic E-state index is 0.0154. The van der Waals surface area contributed by atoms with Crippen molar-refractivity contribution in [3.63, 3.8) is 0 Å². The number of ether oxygens (including phenoxy) is 2. The molecule has 1 N–H and O–H groups in total. The van der Waals surface area contributed by atoms with Crippen molar-refractivity contribution < 1.29 is 23.5 Å². The van der Waals surface area contributed by atoms with Crippen molar-refractivity contribution in [1.82, 2.24) is 4.31 Å². The number of carbonyl (C=O) groups is 2. The Hall–Kier alpha value is -3.91. The average Bonchev–Trinajstić information content (AvgIpc) is 3.26. The number of nitrogens with zero attached hydrogens (tertiary/aromatic N) is 1. The Morgan fingerprint density at radius 2 is 1.78 bits per heavy atom. The summed E-state index contributed by atoms with van der Waals surface area (Å²) in [6.45, 7) is 0.395. The highest BCUT2D eigenvalue weighted by Crippen LogP contribution is 2.26. The predicted octanol–water partition coefficient (Wildman–Crippen LogP) is 5.54. The lowest BCUT2D eigenvalue weighted by atomic mass is 10.2. The molecule has 0 aliphatic carbocycles. The van der Waals surface area contributed by atoms with Gasteiger partial charge in [0.25, 0.3) is 0 Å². The van der Waals surface area contributed by atoms with Crippen LogP contribution in [0.2, 0.25) is 0 Å². The summed E-state index contributed by atoms with van der Waals surface area (Å²) in [7, 11) is 1.55. The summed E-state index contributed by atoms with van der Waals surface area (Å²) in [5.41, 5.74) is 1.99. The van der Waals surface area contributed by atoms with E-state index in [0.717, 1.165) is 5.56 Å². The van der Waals surface area contributed by atoms with Gasteiger partial charge in [0.05, 0.1) is 7.11 Å². The molecule has 162 valence electrons. The minimum atomic E-state index is -0.725. The van der Waals surface area contributed by atoms with Crippen LogP contribution in [0.25, 0.3) is 11.0 Å². The number of imide groups is 1. The molecular weight excluding hydrogens is 428 g/mol. The molecule has 3 amide bonds. The number of hydrogen-bond acceptors (Lipinski definition) is 6. The number of nitrogens with one attached hydrogen (secondary N) is 1. The second kappa shape index (κ2) is 9.49. The molecule has 0 saturated carbocycles. The van der Waals surface area contributed by atoms with Gasteiger partial charge in [-0.3, -0.25) is 4.79 Å². The molecule has 4 aromatic rings. The highest BCUT2D eigenvalue weighted by molar-refractivity contribution is 7.79. The molecule has 4 rings (SSSR count). The zero-order valence-corrected chi connectivity index (χ0v) is 18.0. The molecule has 1 heterocycles. The van der Waals surface area contributed by atoms with Crippen LogP contribution in [0.5, 0.6) is 11.5 Å². The van der Waals surface area contributed by atoms with Crippen molar-refractivity contribution in [2.45, 2.75) is 6.61 Å². The van der Waals surface area contributed by atoms with Crippen LogP contribution in [-0.2, 0) is 6.61 Å². The normalized spacial score (nSPS) is 10.6. The topological polar surface area (TPSA) is 81.0 Å². The van der Waals surface area contributed by atoms with Crippen LogP contribution < -0.4 is 14.8 Å². The van der Waals surface area contributed by atoms with Gasteiger partial charge in [-0.25, -0.2) is 9.10 Å². The van der Waals surface area contributed by atoms with Crippen LogP contribution in [0, 0.1) is 0 Å². The first kappa shape index (κ1) is 21.3. The molecule has 0 bridgehead atoms. The van der Waals surface area contributed by atoms with E-state index in [1.807, 2.05) is 30.3 Å². The van der Waals surface area contributed by atoms with Crippen LogP contribution in [0.15, 0.2) is 83.3 Å². The Bertz CT molecular complexity index is 1260. The maximum Gasteiger partial charge on any atom is 0.339 e. The number of furan rings is 1. The van der Waals surface area contributed by atoms with Crippen LogP contribution in [-0.4, -0.2) is 23.4 Å². The third-order valence-electron chi connectivity index (χ3n) is 4.65. The molecule has 0 fully saturated rings. The summed E-state index contributed by atoms with van der Waals surface area (Å²) in [5, 5.41) is 3.31. The summed E-state index contributed by atoms with van der Waals surface area (Å²) in [5.74, 6) is 0.498. The minimum Gasteiger partial charge on any atom is -0.497 e. The third kappa shape index (κ3) is 4.87. The van der Waals surface area contributed by atoms with Gasteiger partial charge in [0, 0.05) is 17.1 Å². The van der Waals surface area contributed by atoms with Crippen molar-refractivity contribution in [1.29, 1.82) is 0 Å². The maximum atomic E-state index is 12.7. The smallest absolute Gasteiger partial charge is 0.339 e. The van der Waals surface area contributed by atoms with Gasteiger partial charge in [0.1, 0.15) is 23.7 Å². The monoisotopic (exact) mass is 448 g/mol. The molecule has 0 spiro atoms. The Kier molecular flexibility index (Phi) is 6.32. The lowest BCUT2D eigenvalue weighted by molar-refractivity contribution is 0.0875. The van der Waals surface area contributed by atoms with Crippen molar-refractivity contribution in [2.24, 2.45) is 0 Å². The molecule has 7 nitrogen and oxygen atoms in total. The quantitative estimate of drug-likeness (QED) is 0.379. The first-order valence-electron chi connectivity index (χ1n) is 9.72. The van der Waals surface area contributed by atoms with Gasteiger partial charge in [-0.1, -0.05) is 49.2 Å². The molecule has 1 aromatic heterocycles. The molecule has 0 atom stereocenters. The number of fused-ring (bicyclic) bond motifs is 1. The van der Waals surface area contributed by atoms with Crippen LogP contribution in [0.4, 0.5) is 10.5 Å². The van der Waals surface area contributed by atoms with E-state index in [2.05, 4.69) is 18.1 Å². The first-order chi connectivity index (χ1) is 15.5. The van der Waals surface area contributed by atoms with Gasteiger partial charge in [-0.15, -0.1) is 0 Å². The summed E-state index contributed by atoms with van der Waals surface area (Å²) in [6, 6.07) is 22.6. The fourth-order valence-corrected chi connectivity index (χ4v) is 3.18. The number of hydrogen-bond donors (Lipinski definition) is 2. The first-order valence-corrected chi connectivity index (χ1v) is 10.1. The second-order valence-corrected chi connectivity index (χ2v) is 7.26. The van der Waals surface area contributed by atoms with Gasteiger partial charge in [0.2, 0.25) is 0 Å². The van der Waals surface area contributed by atoms with E-state index in [0.29, 0.717) is 39.1 Å². The summed E-state index contributed by atoms with van der Waals surface area (Å²) in [6.07, 6.45) is 0. The average molecular weight is 449 g/mol. The van der Waals surface area contributed by atoms with Gasteiger partial charge in [-0.05, 0) is 42.0 Å². The fraction of sp³-hybridized carbons (Fsp3) is 0.0833. The standard InChI is InChI=1S/C24H20N2O5S/c1-29-19-10-11-21-17(12-19)13-22(31-21)23(27)26(32)24(28)25-18-8-5-9-20(14-18)30-15-16-6-3-2-4-7-16/h2-14,32H,15H2,1H3,(H,25,28). The largest absolute Gasteiger partial charge is 0.497 e.